The molecule has 2 aromatic carbocycles. The lowest BCUT2D eigenvalue weighted by Crippen LogP contribution is -2.01. The van der Waals surface area contributed by atoms with Crippen molar-refractivity contribution in [1.82, 2.24) is 0 Å². The maximum Gasteiger partial charge on any atom is 0.272 e. The second-order valence-corrected chi connectivity index (χ2v) is 5.02. The number of nitrogens with one attached hydrogen (secondary N) is 1. The molecule has 106 valence electrons. The zero-order valence-electron chi connectivity index (χ0n) is 10.6. The van der Waals surface area contributed by atoms with Gasteiger partial charge in [0.15, 0.2) is 0 Å². The van der Waals surface area contributed by atoms with Gasteiger partial charge in [0.1, 0.15) is 0 Å². The van der Waals surface area contributed by atoms with Crippen molar-refractivity contribution in [3.05, 3.63) is 67.7 Å². The van der Waals surface area contributed by atoms with E-state index in [1.165, 1.54) is 12.1 Å². The molecule has 0 fully saturated rings. The number of nitrogens with zero attached hydrogens (tertiary/aromatic N) is 2. The molecule has 0 bridgehead atoms. The molecule has 0 aliphatic rings. The second-order valence-electron chi connectivity index (χ2n) is 4.21. The molecule has 0 amide bonds. The van der Waals surface area contributed by atoms with Crippen molar-refractivity contribution in [2.45, 2.75) is 6.54 Å². The highest BCUT2D eigenvalue weighted by Crippen LogP contribution is 2.34. The molecule has 0 saturated heterocycles. The molecular formula is C14H9Cl2N3O2. The first-order valence-corrected chi connectivity index (χ1v) is 6.63. The van der Waals surface area contributed by atoms with Crippen LogP contribution in [-0.4, -0.2) is 4.92 Å². The van der Waals surface area contributed by atoms with E-state index in [2.05, 4.69) is 11.4 Å². The number of halogens is 2. The molecule has 2 rings (SSSR count). The fraction of sp³-hybridized carbons (Fsp3) is 0.0714. The molecule has 0 heterocycles. The predicted molar refractivity (Wildman–Crippen MR) is 81.6 cm³/mol. The van der Waals surface area contributed by atoms with Gasteiger partial charge in [-0.15, -0.1) is 0 Å². The number of anilines is 1. The molecule has 0 unspecified atom stereocenters. The van der Waals surface area contributed by atoms with Crippen LogP contribution in [0.2, 0.25) is 10.0 Å². The summed E-state index contributed by atoms with van der Waals surface area (Å²) < 4.78 is 0. The Labute approximate surface area is 130 Å². The third-order valence-corrected chi connectivity index (χ3v) is 3.36. The summed E-state index contributed by atoms with van der Waals surface area (Å²) in [6.07, 6.45) is 0. The van der Waals surface area contributed by atoms with Crippen LogP contribution in [0.3, 0.4) is 0 Å². The lowest BCUT2D eigenvalue weighted by Gasteiger charge is -2.10. The van der Waals surface area contributed by atoms with E-state index in [-0.39, 0.29) is 15.7 Å². The third-order valence-electron chi connectivity index (χ3n) is 2.76. The van der Waals surface area contributed by atoms with Gasteiger partial charge in [0.25, 0.3) is 5.69 Å². The van der Waals surface area contributed by atoms with Crippen LogP contribution >= 0.6 is 23.2 Å². The highest BCUT2D eigenvalue weighted by Gasteiger charge is 2.14. The lowest BCUT2D eigenvalue weighted by molar-refractivity contribution is -0.384. The number of benzene rings is 2. The van der Waals surface area contributed by atoms with E-state index in [4.69, 9.17) is 28.5 Å². The van der Waals surface area contributed by atoms with Gasteiger partial charge >= 0.3 is 0 Å². The van der Waals surface area contributed by atoms with Crippen molar-refractivity contribution in [1.29, 1.82) is 5.26 Å². The molecule has 0 atom stereocenters. The predicted octanol–water partition coefficient (Wildman–Crippen LogP) is 4.39. The molecule has 0 aliphatic carbocycles. The quantitative estimate of drug-likeness (QED) is 0.669. The van der Waals surface area contributed by atoms with Gasteiger partial charge in [-0.2, -0.15) is 5.26 Å². The van der Waals surface area contributed by atoms with Gasteiger partial charge in [-0.1, -0.05) is 35.3 Å². The molecule has 0 aromatic heterocycles. The number of nitro benzene ring substituents is 1. The highest BCUT2D eigenvalue weighted by molar-refractivity contribution is 6.39. The summed E-state index contributed by atoms with van der Waals surface area (Å²) in [7, 11) is 0. The minimum atomic E-state index is -0.558. The maximum absolute atomic E-state index is 10.7. The fourth-order valence-electron chi connectivity index (χ4n) is 1.78. The molecule has 0 aliphatic heterocycles. The monoisotopic (exact) mass is 321 g/mol. The second kappa shape index (κ2) is 6.44. The first-order chi connectivity index (χ1) is 10.0. The van der Waals surface area contributed by atoms with Crippen molar-refractivity contribution in [3.63, 3.8) is 0 Å². The SMILES string of the molecule is N#Cc1cccc(CNc2c(Cl)cc([N+](=O)[O-])cc2Cl)c1. The van der Waals surface area contributed by atoms with E-state index in [0.717, 1.165) is 5.56 Å². The van der Waals surface area contributed by atoms with Gasteiger partial charge in [-0.05, 0) is 17.7 Å². The van der Waals surface area contributed by atoms with E-state index >= 15 is 0 Å². The largest absolute Gasteiger partial charge is 0.379 e. The summed E-state index contributed by atoms with van der Waals surface area (Å²) >= 11 is 12.0. The van der Waals surface area contributed by atoms with Crippen molar-refractivity contribution < 1.29 is 4.92 Å². The molecule has 1 N–H and O–H groups in total. The van der Waals surface area contributed by atoms with Gasteiger partial charge < -0.3 is 5.32 Å². The zero-order chi connectivity index (χ0) is 15.4. The number of hydrogen-bond acceptors (Lipinski definition) is 4. The molecule has 0 spiro atoms. The zero-order valence-corrected chi connectivity index (χ0v) is 12.1. The molecule has 5 nitrogen and oxygen atoms in total. The van der Waals surface area contributed by atoms with Crippen LogP contribution in [0.25, 0.3) is 0 Å². The number of rotatable bonds is 4. The number of non-ortho nitro benzene ring substituents is 1. The topological polar surface area (TPSA) is 79.0 Å². The Hall–Kier alpha value is -2.29. The fourth-order valence-corrected chi connectivity index (χ4v) is 2.38. The first-order valence-electron chi connectivity index (χ1n) is 5.87. The molecule has 0 radical (unpaired) electrons. The Morgan fingerprint density at radius 1 is 1.24 bits per heavy atom. The van der Waals surface area contributed by atoms with Crippen molar-refractivity contribution >= 4 is 34.6 Å². The summed E-state index contributed by atoms with van der Waals surface area (Å²) in [5.74, 6) is 0. The van der Waals surface area contributed by atoms with Crippen molar-refractivity contribution in [2.75, 3.05) is 5.32 Å². The Morgan fingerprint density at radius 2 is 1.90 bits per heavy atom. The van der Waals surface area contributed by atoms with E-state index in [9.17, 15) is 10.1 Å². The van der Waals surface area contributed by atoms with Gasteiger partial charge in [0, 0.05) is 18.7 Å². The van der Waals surface area contributed by atoms with E-state index < -0.39 is 4.92 Å². The molecular weight excluding hydrogens is 313 g/mol. The first kappa shape index (κ1) is 15.1. The van der Waals surface area contributed by atoms with Crippen LogP contribution in [-0.2, 0) is 6.54 Å². The standard InChI is InChI=1S/C14H9Cl2N3O2/c15-12-5-11(19(20)21)6-13(16)14(12)18-8-10-3-1-2-9(4-10)7-17/h1-6,18H,8H2. The third kappa shape index (κ3) is 3.63. The normalized spacial score (nSPS) is 9.95. The molecule has 2 aromatic rings. The summed E-state index contributed by atoms with van der Waals surface area (Å²) in [5.41, 5.74) is 1.68. The van der Waals surface area contributed by atoms with Gasteiger partial charge in [-0.25, -0.2) is 0 Å². The number of nitro groups is 1. The van der Waals surface area contributed by atoms with Crippen LogP contribution in [0.5, 0.6) is 0 Å². The van der Waals surface area contributed by atoms with Crippen molar-refractivity contribution in [3.8, 4) is 6.07 Å². The summed E-state index contributed by atoms with van der Waals surface area (Å²) in [6, 6.07) is 11.6. The lowest BCUT2D eigenvalue weighted by atomic mass is 10.1. The summed E-state index contributed by atoms with van der Waals surface area (Å²) in [4.78, 5) is 10.1. The summed E-state index contributed by atoms with van der Waals surface area (Å²) in [6.45, 7) is 0.396. The van der Waals surface area contributed by atoms with Crippen LogP contribution in [0.1, 0.15) is 11.1 Å². The number of nitriles is 1. The number of hydrogen-bond donors (Lipinski definition) is 1. The average molecular weight is 322 g/mol. The maximum atomic E-state index is 10.7. The molecule has 7 heteroatoms. The van der Waals surface area contributed by atoms with Gasteiger partial charge in [0.2, 0.25) is 0 Å². The van der Waals surface area contributed by atoms with Gasteiger partial charge in [0.05, 0.1) is 32.3 Å². The minimum Gasteiger partial charge on any atom is -0.379 e. The van der Waals surface area contributed by atoms with Crippen LogP contribution in [0, 0.1) is 21.4 Å². The van der Waals surface area contributed by atoms with E-state index in [0.29, 0.717) is 17.8 Å². The van der Waals surface area contributed by atoms with E-state index in [1.54, 1.807) is 18.2 Å². The van der Waals surface area contributed by atoms with Crippen LogP contribution in [0.15, 0.2) is 36.4 Å². The Kier molecular flexibility index (Phi) is 4.63. The smallest absolute Gasteiger partial charge is 0.272 e. The average Bonchev–Trinajstić information content (AvgIpc) is 2.46. The van der Waals surface area contributed by atoms with Crippen LogP contribution in [0.4, 0.5) is 11.4 Å². The Bertz CT molecular complexity index is 718. The Balaban J connectivity index is 2.20. The molecule has 0 saturated carbocycles. The van der Waals surface area contributed by atoms with E-state index in [1.807, 2.05) is 6.07 Å². The summed E-state index contributed by atoms with van der Waals surface area (Å²) in [5, 5.41) is 22.9. The van der Waals surface area contributed by atoms with Gasteiger partial charge in [-0.3, -0.25) is 10.1 Å². The Morgan fingerprint density at radius 3 is 2.48 bits per heavy atom. The molecule has 21 heavy (non-hydrogen) atoms. The highest BCUT2D eigenvalue weighted by atomic mass is 35.5. The van der Waals surface area contributed by atoms with Crippen molar-refractivity contribution in [2.24, 2.45) is 0 Å². The minimum absolute atomic E-state index is 0.165. The van der Waals surface area contributed by atoms with Crippen LogP contribution < -0.4 is 5.32 Å².